The zero-order valence-electron chi connectivity index (χ0n) is 12.2. The van der Waals surface area contributed by atoms with Gasteiger partial charge in [-0.3, -0.25) is 14.3 Å². The van der Waals surface area contributed by atoms with E-state index in [0.29, 0.717) is 5.76 Å². The van der Waals surface area contributed by atoms with Crippen LogP contribution in [0.3, 0.4) is 0 Å². The molecule has 0 aliphatic heterocycles. The lowest BCUT2D eigenvalue weighted by atomic mass is 10.2. The molecular weight excluding hydrogens is 272 g/mol. The fraction of sp³-hybridized carbons (Fsp3) is 0.357. The summed E-state index contributed by atoms with van der Waals surface area (Å²) in [5.74, 6) is -0.699. The molecule has 0 aliphatic carbocycles. The van der Waals surface area contributed by atoms with Gasteiger partial charge in [0.25, 0.3) is 0 Å². The normalized spacial score (nSPS) is 12.0. The molecule has 7 heteroatoms. The summed E-state index contributed by atoms with van der Waals surface area (Å²) >= 11 is 0. The highest BCUT2D eigenvalue weighted by molar-refractivity contribution is 6.35. The Labute approximate surface area is 122 Å². The molecule has 112 valence electrons. The maximum Gasteiger partial charge on any atom is 0.309 e. The molecule has 2 rings (SSSR count). The summed E-state index contributed by atoms with van der Waals surface area (Å²) in [7, 11) is 1.41. The molecule has 0 aliphatic rings. The van der Waals surface area contributed by atoms with Crippen molar-refractivity contribution in [3.63, 3.8) is 0 Å². The van der Waals surface area contributed by atoms with Crippen LogP contribution in [0.5, 0.6) is 0 Å². The van der Waals surface area contributed by atoms with E-state index < -0.39 is 11.8 Å². The Morgan fingerprint density at radius 2 is 2.14 bits per heavy atom. The lowest BCUT2D eigenvalue weighted by Crippen LogP contribution is -2.41. The van der Waals surface area contributed by atoms with Gasteiger partial charge < -0.3 is 15.1 Å². The van der Waals surface area contributed by atoms with Gasteiger partial charge in [0.1, 0.15) is 11.8 Å². The summed E-state index contributed by atoms with van der Waals surface area (Å²) in [5.41, 5.74) is 1.82. The van der Waals surface area contributed by atoms with E-state index >= 15 is 0 Å². The van der Waals surface area contributed by atoms with Gasteiger partial charge in [0.2, 0.25) is 0 Å². The molecule has 0 spiro atoms. The molecule has 0 saturated carbocycles. The van der Waals surface area contributed by atoms with Crippen LogP contribution in [0.2, 0.25) is 0 Å². The summed E-state index contributed by atoms with van der Waals surface area (Å²) in [6.07, 6.45) is 1.56. The zero-order chi connectivity index (χ0) is 15.4. The van der Waals surface area contributed by atoms with Gasteiger partial charge in [0, 0.05) is 19.3 Å². The van der Waals surface area contributed by atoms with Crippen molar-refractivity contribution in [1.82, 2.24) is 20.4 Å². The third kappa shape index (κ3) is 3.31. The Balaban J connectivity index is 2.20. The zero-order valence-corrected chi connectivity index (χ0v) is 12.2. The highest BCUT2D eigenvalue weighted by Crippen LogP contribution is 2.20. The first kappa shape index (κ1) is 14.8. The first-order chi connectivity index (χ1) is 10.0. The highest BCUT2D eigenvalue weighted by Gasteiger charge is 2.22. The van der Waals surface area contributed by atoms with Crippen molar-refractivity contribution in [2.45, 2.75) is 19.9 Å². The third-order valence-electron chi connectivity index (χ3n) is 3.10. The lowest BCUT2D eigenvalue weighted by Gasteiger charge is -2.17. The van der Waals surface area contributed by atoms with E-state index in [-0.39, 0.29) is 12.6 Å². The van der Waals surface area contributed by atoms with Crippen LogP contribution in [0.4, 0.5) is 0 Å². The molecule has 0 saturated heterocycles. The van der Waals surface area contributed by atoms with Gasteiger partial charge in [0.05, 0.1) is 12.0 Å². The van der Waals surface area contributed by atoms with E-state index in [9.17, 15) is 9.59 Å². The second kappa shape index (κ2) is 6.25. The quantitative estimate of drug-likeness (QED) is 0.805. The minimum absolute atomic E-state index is 0.210. The maximum absolute atomic E-state index is 11.6. The molecule has 2 amide bonds. The van der Waals surface area contributed by atoms with Crippen LogP contribution in [0, 0.1) is 13.8 Å². The number of aryl methyl sites for hydroxylation is 2. The molecule has 0 aromatic carbocycles. The summed E-state index contributed by atoms with van der Waals surface area (Å²) in [4.78, 5) is 22.8. The van der Waals surface area contributed by atoms with Crippen molar-refractivity contribution >= 4 is 11.8 Å². The van der Waals surface area contributed by atoms with Crippen molar-refractivity contribution in [3.8, 4) is 0 Å². The van der Waals surface area contributed by atoms with E-state index in [1.165, 1.54) is 7.05 Å². The number of hydrogen-bond acceptors (Lipinski definition) is 4. The highest BCUT2D eigenvalue weighted by atomic mass is 16.3. The average molecular weight is 290 g/mol. The van der Waals surface area contributed by atoms with Crippen molar-refractivity contribution in [2.24, 2.45) is 0 Å². The number of carbonyl (C=O) groups is 2. The van der Waals surface area contributed by atoms with Crippen LogP contribution < -0.4 is 10.6 Å². The number of rotatable bonds is 4. The minimum atomic E-state index is -0.685. The Kier molecular flexibility index (Phi) is 4.42. The van der Waals surface area contributed by atoms with Crippen molar-refractivity contribution < 1.29 is 14.0 Å². The number of aromatic nitrogens is 2. The van der Waals surface area contributed by atoms with Gasteiger partial charge >= 0.3 is 11.8 Å². The van der Waals surface area contributed by atoms with E-state index in [0.717, 1.165) is 11.4 Å². The van der Waals surface area contributed by atoms with E-state index in [4.69, 9.17) is 4.42 Å². The Morgan fingerprint density at radius 3 is 2.67 bits per heavy atom. The average Bonchev–Trinajstić information content (AvgIpc) is 3.08. The predicted molar refractivity (Wildman–Crippen MR) is 75.6 cm³/mol. The first-order valence-corrected chi connectivity index (χ1v) is 6.59. The fourth-order valence-corrected chi connectivity index (χ4v) is 2.13. The van der Waals surface area contributed by atoms with Gasteiger partial charge in [-0.05, 0) is 32.0 Å². The number of nitrogens with one attached hydrogen (secondary N) is 2. The Hall–Kier alpha value is -2.57. The molecule has 0 unspecified atom stereocenters. The standard InChI is InChI=1S/C14H18N4O3/c1-9-7-10(2)18(17-9)11(12-5-4-6-21-12)8-16-14(20)13(19)15-3/h4-7,11H,8H2,1-3H3,(H,15,19)(H,16,20)/t11-/m0/s1. The molecule has 1 atom stereocenters. The SMILES string of the molecule is CNC(=O)C(=O)NC[C@@H](c1ccco1)n1nc(C)cc1C. The van der Waals surface area contributed by atoms with Gasteiger partial charge in [-0.15, -0.1) is 0 Å². The number of furan rings is 1. The van der Waals surface area contributed by atoms with E-state index in [2.05, 4.69) is 15.7 Å². The monoisotopic (exact) mass is 290 g/mol. The topological polar surface area (TPSA) is 89.2 Å². The molecule has 2 N–H and O–H groups in total. The molecule has 7 nitrogen and oxygen atoms in total. The Bertz CT molecular complexity index is 631. The fourth-order valence-electron chi connectivity index (χ4n) is 2.13. The number of likely N-dealkylation sites (N-methyl/N-ethyl adjacent to an activating group) is 1. The van der Waals surface area contributed by atoms with Crippen LogP contribution >= 0.6 is 0 Å². The summed E-state index contributed by atoms with van der Waals surface area (Å²) in [5, 5.41) is 9.28. The second-order valence-corrected chi connectivity index (χ2v) is 4.69. The van der Waals surface area contributed by atoms with Gasteiger partial charge in [0.15, 0.2) is 0 Å². The maximum atomic E-state index is 11.6. The van der Waals surface area contributed by atoms with Crippen molar-refractivity contribution in [3.05, 3.63) is 41.6 Å². The van der Waals surface area contributed by atoms with Gasteiger partial charge in [-0.2, -0.15) is 5.10 Å². The minimum Gasteiger partial charge on any atom is -0.467 e. The number of hydrogen-bond donors (Lipinski definition) is 2. The Morgan fingerprint density at radius 1 is 1.38 bits per heavy atom. The lowest BCUT2D eigenvalue weighted by molar-refractivity contribution is -0.138. The van der Waals surface area contributed by atoms with Crippen molar-refractivity contribution in [1.29, 1.82) is 0 Å². The summed E-state index contributed by atoms with van der Waals surface area (Å²) in [6, 6.07) is 5.22. The number of carbonyl (C=O) groups excluding carboxylic acids is 2. The number of nitrogens with zero attached hydrogens (tertiary/aromatic N) is 2. The van der Waals surface area contributed by atoms with E-state index in [1.807, 2.05) is 26.0 Å². The largest absolute Gasteiger partial charge is 0.467 e. The molecular formula is C14H18N4O3. The smallest absolute Gasteiger partial charge is 0.309 e. The first-order valence-electron chi connectivity index (χ1n) is 6.59. The molecule has 0 fully saturated rings. The van der Waals surface area contributed by atoms with Crippen LogP contribution in [-0.4, -0.2) is 35.2 Å². The van der Waals surface area contributed by atoms with Crippen LogP contribution in [-0.2, 0) is 9.59 Å². The molecule has 2 aromatic heterocycles. The van der Waals surface area contributed by atoms with Gasteiger partial charge in [-0.1, -0.05) is 0 Å². The molecule has 0 bridgehead atoms. The predicted octanol–water partition coefficient (Wildman–Crippen LogP) is 0.545. The second-order valence-electron chi connectivity index (χ2n) is 4.69. The van der Waals surface area contributed by atoms with Crippen LogP contribution in [0.1, 0.15) is 23.2 Å². The summed E-state index contributed by atoms with van der Waals surface area (Å²) in [6.45, 7) is 4.03. The number of amides is 2. The molecule has 0 radical (unpaired) electrons. The third-order valence-corrected chi connectivity index (χ3v) is 3.10. The molecule has 2 aromatic rings. The summed E-state index contributed by atoms with van der Waals surface area (Å²) < 4.78 is 7.20. The van der Waals surface area contributed by atoms with Crippen LogP contribution in [0.25, 0.3) is 0 Å². The van der Waals surface area contributed by atoms with Gasteiger partial charge in [-0.25, -0.2) is 0 Å². The van der Waals surface area contributed by atoms with E-state index in [1.54, 1.807) is 17.0 Å². The van der Waals surface area contributed by atoms with Crippen molar-refractivity contribution in [2.75, 3.05) is 13.6 Å². The molecule has 2 heterocycles. The van der Waals surface area contributed by atoms with Crippen LogP contribution in [0.15, 0.2) is 28.9 Å². The molecule has 21 heavy (non-hydrogen) atoms.